The van der Waals surface area contributed by atoms with E-state index in [2.05, 4.69) is 5.32 Å². The molecule has 114 valence electrons. The molecule has 0 saturated carbocycles. The Morgan fingerprint density at radius 3 is 1.75 bits per heavy atom. The minimum absolute atomic E-state index is 0.385. The highest BCUT2D eigenvalue weighted by atomic mass is 16.4. The lowest BCUT2D eigenvalue weighted by molar-refractivity contribution is -0.150. The standard InChI is InChI=1S/C12H20N2O6/c1-7(13-11(20)12(2,3)4)10(19)14(5-8(15)16)6-9(17)18/h7H,5-6H2,1-4H3,(H,13,20)(H,15,16)(H,17,18). The summed E-state index contributed by atoms with van der Waals surface area (Å²) in [7, 11) is 0. The van der Waals surface area contributed by atoms with Crippen LogP contribution in [-0.4, -0.2) is 58.0 Å². The third kappa shape index (κ3) is 6.17. The van der Waals surface area contributed by atoms with E-state index in [-0.39, 0.29) is 5.91 Å². The zero-order chi connectivity index (χ0) is 16.1. The third-order valence-corrected chi connectivity index (χ3v) is 2.36. The molecule has 0 fully saturated rings. The maximum Gasteiger partial charge on any atom is 0.323 e. The summed E-state index contributed by atoms with van der Waals surface area (Å²) < 4.78 is 0. The molecule has 0 aromatic carbocycles. The van der Waals surface area contributed by atoms with Gasteiger partial charge in [0, 0.05) is 5.41 Å². The molecule has 0 radical (unpaired) electrons. The first-order valence-corrected chi connectivity index (χ1v) is 5.98. The molecular weight excluding hydrogens is 268 g/mol. The first kappa shape index (κ1) is 17.9. The molecule has 0 rings (SSSR count). The van der Waals surface area contributed by atoms with Gasteiger partial charge in [-0.2, -0.15) is 0 Å². The first-order chi connectivity index (χ1) is 8.95. The lowest BCUT2D eigenvalue weighted by Crippen LogP contribution is -2.51. The molecule has 0 aliphatic carbocycles. The predicted molar refractivity (Wildman–Crippen MR) is 68.9 cm³/mol. The lowest BCUT2D eigenvalue weighted by atomic mass is 9.95. The normalized spacial score (nSPS) is 12.4. The second kappa shape index (κ2) is 6.88. The number of nitrogens with zero attached hydrogens (tertiary/aromatic N) is 1. The molecule has 1 atom stereocenters. The summed E-state index contributed by atoms with van der Waals surface area (Å²) >= 11 is 0. The Bertz CT molecular complexity index is 397. The molecular formula is C12H20N2O6. The summed E-state index contributed by atoms with van der Waals surface area (Å²) in [5, 5.41) is 19.8. The Hall–Kier alpha value is -2.12. The Balaban J connectivity index is 4.83. The predicted octanol–water partition coefficient (Wildman–Crippen LogP) is -0.465. The van der Waals surface area contributed by atoms with Crippen LogP contribution >= 0.6 is 0 Å². The minimum atomic E-state index is -1.33. The molecule has 0 heterocycles. The van der Waals surface area contributed by atoms with Gasteiger partial charge in [0.05, 0.1) is 0 Å². The summed E-state index contributed by atoms with van der Waals surface area (Å²) in [6.07, 6.45) is 0. The fourth-order valence-electron chi connectivity index (χ4n) is 1.29. The van der Waals surface area contributed by atoms with Crippen molar-refractivity contribution >= 4 is 23.8 Å². The Morgan fingerprint density at radius 2 is 1.45 bits per heavy atom. The quantitative estimate of drug-likeness (QED) is 0.607. The van der Waals surface area contributed by atoms with E-state index in [1.54, 1.807) is 20.8 Å². The maximum absolute atomic E-state index is 12.0. The van der Waals surface area contributed by atoms with E-state index in [0.717, 1.165) is 0 Å². The second-order valence-corrected chi connectivity index (χ2v) is 5.43. The highest BCUT2D eigenvalue weighted by molar-refractivity contribution is 5.92. The van der Waals surface area contributed by atoms with E-state index in [4.69, 9.17) is 10.2 Å². The van der Waals surface area contributed by atoms with E-state index in [1.807, 2.05) is 0 Å². The fraction of sp³-hybridized carbons (Fsp3) is 0.667. The second-order valence-electron chi connectivity index (χ2n) is 5.43. The molecule has 0 aliphatic rings. The maximum atomic E-state index is 12.0. The Morgan fingerprint density at radius 1 is 1.05 bits per heavy atom. The van der Waals surface area contributed by atoms with Crippen LogP contribution in [0.3, 0.4) is 0 Å². The van der Waals surface area contributed by atoms with Crippen molar-refractivity contribution < 1.29 is 29.4 Å². The molecule has 0 bridgehead atoms. The van der Waals surface area contributed by atoms with E-state index in [1.165, 1.54) is 6.92 Å². The summed E-state index contributed by atoms with van der Waals surface area (Å²) in [6.45, 7) is 4.88. The summed E-state index contributed by atoms with van der Waals surface area (Å²) in [4.78, 5) is 45.6. The number of hydrogen-bond donors (Lipinski definition) is 3. The van der Waals surface area contributed by atoms with Crippen LogP contribution in [0.4, 0.5) is 0 Å². The van der Waals surface area contributed by atoms with Crippen LogP contribution in [0.1, 0.15) is 27.7 Å². The lowest BCUT2D eigenvalue weighted by Gasteiger charge is -2.25. The number of carboxylic acids is 2. The van der Waals surface area contributed by atoms with E-state index in [9.17, 15) is 19.2 Å². The molecule has 0 aromatic heterocycles. The number of carbonyl (C=O) groups excluding carboxylic acids is 2. The summed E-state index contributed by atoms with van der Waals surface area (Å²) in [5.74, 6) is -3.79. The molecule has 1 unspecified atom stereocenters. The topological polar surface area (TPSA) is 124 Å². The first-order valence-electron chi connectivity index (χ1n) is 5.98. The van der Waals surface area contributed by atoms with Crippen molar-refractivity contribution in [3.8, 4) is 0 Å². The van der Waals surface area contributed by atoms with Gasteiger partial charge < -0.3 is 20.4 Å². The van der Waals surface area contributed by atoms with Crippen LogP contribution < -0.4 is 5.32 Å². The average Bonchev–Trinajstić information content (AvgIpc) is 2.24. The molecule has 20 heavy (non-hydrogen) atoms. The molecule has 3 N–H and O–H groups in total. The van der Waals surface area contributed by atoms with Crippen molar-refractivity contribution in [1.29, 1.82) is 0 Å². The number of carboxylic acid groups (broad SMARTS) is 2. The highest BCUT2D eigenvalue weighted by Gasteiger charge is 2.29. The van der Waals surface area contributed by atoms with Gasteiger partial charge in [0.15, 0.2) is 0 Å². The Labute approximate surface area is 116 Å². The number of amides is 2. The number of nitrogens with one attached hydrogen (secondary N) is 1. The fourth-order valence-corrected chi connectivity index (χ4v) is 1.29. The zero-order valence-electron chi connectivity index (χ0n) is 12.0. The molecule has 0 spiro atoms. The van der Waals surface area contributed by atoms with Crippen LogP contribution in [0.5, 0.6) is 0 Å². The van der Waals surface area contributed by atoms with Crippen molar-refractivity contribution in [1.82, 2.24) is 10.2 Å². The van der Waals surface area contributed by atoms with E-state index in [0.29, 0.717) is 4.90 Å². The van der Waals surface area contributed by atoms with Gasteiger partial charge in [0.2, 0.25) is 11.8 Å². The van der Waals surface area contributed by atoms with Gasteiger partial charge in [-0.15, -0.1) is 0 Å². The molecule has 2 amide bonds. The van der Waals surface area contributed by atoms with Crippen molar-refractivity contribution in [3.05, 3.63) is 0 Å². The number of carbonyl (C=O) groups is 4. The van der Waals surface area contributed by atoms with E-state index >= 15 is 0 Å². The van der Waals surface area contributed by atoms with E-state index < -0.39 is 42.4 Å². The van der Waals surface area contributed by atoms with Crippen LogP contribution in [-0.2, 0) is 19.2 Å². The number of rotatable bonds is 6. The molecule has 0 aromatic rings. The van der Waals surface area contributed by atoms with Crippen molar-refractivity contribution in [2.45, 2.75) is 33.7 Å². The van der Waals surface area contributed by atoms with Crippen LogP contribution in [0.15, 0.2) is 0 Å². The largest absolute Gasteiger partial charge is 0.480 e. The monoisotopic (exact) mass is 288 g/mol. The van der Waals surface area contributed by atoms with Gasteiger partial charge in [0.1, 0.15) is 19.1 Å². The zero-order valence-corrected chi connectivity index (χ0v) is 12.0. The average molecular weight is 288 g/mol. The van der Waals surface area contributed by atoms with Gasteiger partial charge in [-0.25, -0.2) is 0 Å². The van der Waals surface area contributed by atoms with Crippen LogP contribution in [0, 0.1) is 5.41 Å². The van der Waals surface area contributed by atoms with Gasteiger partial charge in [-0.3, -0.25) is 19.2 Å². The smallest absolute Gasteiger partial charge is 0.323 e. The molecule has 0 saturated heterocycles. The van der Waals surface area contributed by atoms with Crippen molar-refractivity contribution in [2.24, 2.45) is 5.41 Å². The number of hydrogen-bond acceptors (Lipinski definition) is 4. The SMILES string of the molecule is CC(NC(=O)C(C)(C)C)C(=O)N(CC(=O)O)CC(=O)O. The summed E-state index contributed by atoms with van der Waals surface area (Å²) in [5.41, 5.74) is -0.709. The van der Waals surface area contributed by atoms with Gasteiger partial charge in [-0.05, 0) is 6.92 Å². The van der Waals surface area contributed by atoms with Gasteiger partial charge >= 0.3 is 11.9 Å². The molecule has 8 heteroatoms. The van der Waals surface area contributed by atoms with Crippen LogP contribution in [0.25, 0.3) is 0 Å². The third-order valence-electron chi connectivity index (χ3n) is 2.36. The van der Waals surface area contributed by atoms with Crippen molar-refractivity contribution in [3.63, 3.8) is 0 Å². The number of aliphatic carboxylic acids is 2. The molecule has 8 nitrogen and oxygen atoms in total. The summed E-state index contributed by atoms with van der Waals surface area (Å²) in [6, 6.07) is -1.000. The Kier molecular flexibility index (Phi) is 6.15. The minimum Gasteiger partial charge on any atom is -0.480 e. The van der Waals surface area contributed by atoms with Crippen molar-refractivity contribution in [2.75, 3.05) is 13.1 Å². The molecule has 0 aliphatic heterocycles. The van der Waals surface area contributed by atoms with Crippen LogP contribution in [0.2, 0.25) is 0 Å². The van der Waals surface area contributed by atoms with Gasteiger partial charge in [0.25, 0.3) is 0 Å². The van der Waals surface area contributed by atoms with Gasteiger partial charge in [-0.1, -0.05) is 20.8 Å². The highest BCUT2D eigenvalue weighted by Crippen LogP contribution is 2.13.